The average molecular weight is 313 g/mol. The number of carbonyl (C=O) groups is 1. The van der Waals surface area contributed by atoms with E-state index in [2.05, 4.69) is 17.0 Å². The zero-order valence-corrected chi connectivity index (χ0v) is 14.1. The summed E-state index contributed by atoms with van der Waals surface area (Å²) in [5.74, 6) is 0.694. The molecule has 5 nitrogen and oxygen atoms in total. The molecule has 0 aliphatic heterocycles. The maximum Gasteiger partial charge on any atom is 0.266 e. The largest absolute Gasteiger partial charge is 0.497 e. The summed E-state index contributed by atoms with van der Waals surface area (Å²) >= 11 is 0. The summed E-state index contributed by atoms with van der Waals surface area (Å²) in [4.78, 5) is 12.4. The predicted octanol–water partition coefficient (Wildman–Crippen LogP) is 3.38. The lowest BCUT2D eigenvalue weighted by atomic mass is 10.1. The van der Waals surface area contributed by atoms with Gasteiger partial charge in [0.2, 0.25) is 0 Å². The lowest BCUT2D eigenvalue weighted by Gasteiger charge is -2.08. The molecular formula is C18H23N3O2. The lowest BCUT2D eigenvalue weighted by Crippen LogP contribution is -2.23. The third-order valence-electron chi connectivity index (χ3n) is 3.69. The molecule has 0 spiro atoms. The van der Waals surface area contributed by atoms with Crippen LogP contribution in [0.4, 0.5) is 5.69 Å². The Kier molecular flexibility index (Phi) is 5.21. The normalized spacial score (nSPS) is 10.4. The van der Waals surface area contributed by atoms with Crippen LogP contribution < -0.4 is 10.1 Å². The minimum absolute atomic E-state index is 0.0885. The number of hydrogen-bond donors (Lipinski definition) is 1. The molecule has 0 radical (unpaired) electrons. The highest BCUT2D eigenvalue weighted by Gasteiger charge is 2.16. The van der Waals surface area contributed by atoms with Crippen LogP contribution >= 0.6 is 0 Å². The van der Waals surface area contributed by atoms with Crippen molar-refractivity contribution in [1.29, 1.82) is 0 Å². The second-order valence-corrected chi connectivity index (χ2v) is 5.67. The molecule has 0 bridgehead atoms. The highest BCUT2D eigenvalue weighted by Crippen LogP contribution is 2.17. The molecule has 0 aliphatic carbocycles. The van der Waals surface area contributed by atoms with Crippen LogP contribution in [0, 0.1) is 13.8 Å². The van der Waals surface area contributed by atoms with Crippen LogP contribution in [0.15, 0.2) is 36.4 Å². The molecule has 0 saturated heterocycles. The van der Waals surface area contributed by atoms with Gasteiger partial charge in [0.25, 0.3) is 5.91 Å². The van der Waals surface area contributed by atoms with E-state index in [1.54, 1.807) is 7.11 Å². The summed E-state index contributed by atoms with van der Waals surface area (Å²) < 4.78 is 6.59. The van der Waals surface area contributed by atoms with E-state index < -0.39 is 0 Å². The van der Waals surface area contributed by atoms with E-state index in [0.29, 0.717) is 0 Å². The fourth-order valence-corrected chi connectivity index (χ4v) is 2.44. The van der Waals surface area contributed by atoms with Gasteiger partial charge in [0.05, 0.1) is 19.3 Å². The van der Waals surface area contributed by atoms with Crippen molar-refractivity contribution in [1.82, 2.24) is 9.78 Å². The van der Waals surface area contributed by atoms with Crippen molar-refractivity contribution < 1.29 is 9.53 Å². The van der Waals surface area contributed by atoms with Gasteiger partial charge in [-0.1, -0.05) is 12.2 Å². The van der Waals surface area contributed by atoms with Crippen molar-refractivity contribution in [2.75, 3.05) is 19.0 Å². The Bertz CT molecular complexity index is 715. The van der Waals surface area contributed by atoms with Crippen LogP contribution in [0.2, 0.25) is 0 Å². The van der Waals surface area contributed by atoms with Crippen molar-refractivity contribution in [2.45, 2.75) is 27.2 Å². The van der Waals surface area contributed by atoms with Crippen LogP contribution in [0.3, 0.4) is 0 Å². The minimum Gasteiger partial charge on any atom is -0.497 e. The molecule has 122 valence electrons. The van der Waals surface area contributed by atoms with Gasteiger partial charge in [-0.05, 0) is 51.5 Å². The molecule has 0 aliphatic rings. The molecule has 0 saturated carbocycles. The molecular weight excluding hydrogens is 290 g/mol. The summed E-state index contributed by atoms with van der Waals surface area (Å²) in [5, 5.41) is 7.48. The minimum atomic E-state index is -0.0885. The number of rotatable bonds is 6. The van der Waals surface area contributed by atoms with Crippen molar-refractivity contribution in [3.8, 4) is 5.75 Å². The Morgan fingerprint density at radius 1 is 1.30 bits per heavy atom. The van der Waals surface area contributed by atoms with Gasteiger partial charge in [-0.2, -0.15) is 5.10 Å². The van der Waals surface area contributed by atoms with E-state index >= 15 is 0 Å². The maximum atomic E-state index is 12.4. The Morgan fingerprint density at radius 2 is 1.96 bits per heavy atom. The number of aryl methyl sites for hydroxylation is 1. The highest BCUT2D eigenvalue weighted by atomic mass is 16.5. The summed E-state index contributed by atoms with van der Waals surface area (Å²) in [6.07, 6.45) is 0.747. The fourth-order valence-electron chi connectivity index (χ4n) is 2.44. The molecule has 1 N–H and O–H groups in total. The Morgan fingerprint density at radius 3 is 2.52 bits per heavy atom. The number of hydrogen-bond acceptors (Lipinski definition) is 4. The van der Waals surface area contributed by atoms with Crippen LogP contribution in [0.1, 0.15) is 28.7 Å². The number of ether oxygens (including phenoxy) is 1. The zero-order valence-electron chi connectivity index (χ0n) is 14.1. The Hall–Kier alpha value is -2.56. The van der Waals surface area contributed by atoms with Gasteiger partial charge in [0.15, 0.2) is 0 Å². The molecule has 1 aromatic carbocycles. The van der Waals surface area contributed by atoms with Gasteiger partial charge in [0.1, 0.15) is 5.75 Å². The number of aromatic nitrogens is 2. The van der Waals surface area contributed by atoms with Crippen LogP contribution in [-0.4, -0.2) is 29.3 Å². The van der Waals surface area contributed by atoms with Crippen LogP contribution in [-0.2, 0) is 6.42 Å². The molecule has 5 heteroatoms. The van der Waals surface area contributed by atoms with E-state index in [4.69, 9.17) is 4.74 Å². The number of anilines is 1. The van der Waals surface area contributed by atoms with Gasteiger partial charge in [-0.25, -0.2) is 4.68 Å². The number of nitrogens with one attached hydrogen (secondary N) is 1. The standard InChI is InChI=1S/C18H23N3O2/c1-12(2)10-17-13(3)20-21(14(17)4)18(22)11-19-15-6-8-16(23-5)9-7-15/h6-9,19H,1,10-11H2,2-5H3. The van der Waals surface area contributed by atoms with E-state index in [1.807, 2.05) is 45.0 Å². The first kappa shape index (κ1) is 16.8. The quantitative estimate of drug-likeness (QED) is 0.831. The van der Waals surface area contributed by atoms with Crippen molar-refractivity contribution in [2.24, 2.45) is 0 Å². The number of benzene rings is 1. The lowest BCUT2D eigenvalue weighted by molar-refractivity contribution is 0.0910. The van der Waals surface area contributed by atoms with E-state index in [0.717, 1.165) is 40.4 Å². The first-order valence-electron chi connectivity index (χ1n) is 7.53. The molecule has 23 heavy (non-hydrogen) atoms. The average Bonchev–Trinajstić information content (AvgIpc) is 2.81. The molecule has 1 heterocycles. The van der Waals surface area contributed by atoms with Crippen molar-refractivity contribution in [3.63, 3.8) is 0 Å². The van der Waals surface area contributed by atoms with E-state index in [9.17, 15) is 4.79 Å². The van der Waals surface area contributed by atoms with Crippen molar-refractivity contribution >= 4 is 11.6 Å². The highest BCUT2D eigenvalue weighted by molar-refractivity contribution is 5.83. The van der Waals surface area contributed by atoms with Crippen molar-refractivity contribution in [3.05, 3.63) is 53.4 Å². The third-order valence-corrected chi connectivity index (χ3v) is 3.69. The summed E-state index contributed by atoms with van der Waals surface area (Å²) in [5.41, 5.74) is 4.76. The van der Waals surface area contributed by atoms with Gasteiger partial charge in [0, 0.05) is 16.9 Å². The second kappa shape index (κ2) is 7.13. The van der Waals surface area contributed by atoms with E-state index in [-0.39, 0.29) is 12.5 Å². The number of nitrogens with zero attached hydrogens (tertiary/aromatic N) is 2. The van der Waals surface area contributed by atoms with Gasteiger partial charge in [-0.15, -0.1) is 0 Å². The maximum absolute atomic E-state index is 12.4. The Labute approximate surface area is 137 Å². The summed E-state index contributed by atoms with van der Waals surface area (Å²) in [6, 6.07) is 7.45. The molecule has 0 atom stereocenters. The first-order valence-corrected chi connectivity index (χ1v) is 7.53. The topological polar surface area (TPSA) is 56.2 Å². The first-order chi connectivity index (χ1) is 10.9. The summed E-state index contributed by atoms with van der Waals surface area (Å²) in [6.45, 7) is 9.93. The van der Waals surface area contributed by atoms with Crippen LogP contribution in [0.25, 0.3) is 0 Å². The fraction of sp³-hybridized carbons (Fsp3) is 0.333. The van der Waals surface area contributed by atoms with Gasteiger partial charge < -0.3 is 10.1 Å². The van der Waals surface area contributed by atoms with E-state index in [1.165, 1.54) is 4.68 Å². The molecule has 2 aromatic rings. The molecule has 2 rings (SSSR count). The smallest absolute Gasteiger partial charge is 0.266 e. The molecule has 1 aromatic heterocycles. The van der Waals surface area contributed by atoms with Gasteiger partial charge >= 0.3 is 0 Å². The number of carbonyl (C=O) groups excluding carboxylic acids is 1. The molecule has 0 fully saturated rings. The third kappa shape index (κ3) is 4.00. The second-order valence-electron chi connectivity index (χ2n) is 5.67. The summed E-state index contributed by atoms with van der Waals surface area (Å²) in [7, 11) is 1.62. The number of allylic oxidation sites excluding steroid dienone is 1. The molecule has 0 amide bonds. The predicted molar refractivity (Wildman–Crippen MR) is 92.3 cm³/mol. The SMILES string of the molecule is C=C(C)Cc1c(C)nn(C(=O)CNc2ccc(OC)cc2)c1C. The van der Waals surface area contributed by atoms with Crippen LogP contribution in [0.5, 0.6) is 5.75 Å². The Balaban J connectivity index is 2.07. The zero-order chi connectivity index (χ0) is 17.0. The number of methoxy groups -OCH3 is 1. The molecule has 0 unspecified atom stereocenters. The van der Waals surface area contributed by atoms with Gasteiger partial charge in [-0.3, -0.25) is 4.79 Å². The monoisotopic (exact) mass is 313 g/mol.